The lowest BCUT2D eigenvalue weighted by atomic mass is 9.96. The minimum absolute atomic E-state index is 0.872. The van der Waals surface area contributed by atoms with Crippen molar-refractivity contribution < 1.29 is 4.42 Å². The molecule has 0 saturated carbocycles. The van der Waals surface area contributed by atoms with Crippen LogP contribution in [0.1, 0.15) is 0 Å². The topological polar surface area (TPSA) is 26.2 Å². The van der Waals surface area contributed by atoms with Gasteiger partial charge in [0, 0.05) is 60.6 Å². The van der Waals surface area contributed by atoms with Gasteiger partial charge in [-0.1, -0.05) is 152 Å². The summed E-state index contributed by atoms with van der Waals surface area (Å²) in [6.45, 7) is 0. The Hall–Kier alpha value is -9.12. The fraction of sp³-hybridized carbons (Fsp3) is 0. The van der Waals surface area contributed by atoms with Gasteiger partial charge in [-0.3, -0.25) is 0 Å². The molecule has 0 fully saturated rings. The first-order chi connectivity index (χ1) is 33.7. The highest BCUT2D eigenvalue weighted by Gasteiger charge is 2.22. The minimum Gasteiger partial charge on any atom is -0.456 e. The Morgan fingerprint density at radius 1 is 0.309 bits per heavy atom. The summed E-state index contributed by atoms with van der Waals surface area (Å²) in [5.74, 6) is 0. The zero-order chi connectivity index (χ0) is 44.7. The molecule has 4 nitrogen and oxygen atoms in total. The third-order valence-corrected chi connectivity index (χ3v) is 13.9. The number of hydrogen-bond acceptors (Lipinski definition) is 2. The molecule has 3 heterocycles. The van der Waals surface area contributed by atoms with Gasteiger partial charge in [0.15, 0.2) is 0 Å². The average Bonchev–Trinajstić information content (AvgIpc) is 4.06. The van der Waals surface area contributed by atoms with Crippen molar-refractivity contribution >= 4 is 93.4 Å². The molecule has 0 aliphatic heterocycles. The summed E-state index contributed by atoms with van der Waals surface area (Å²) >= 11 is 0. The molecule has 3 aromatic heterocycles. The van der Waals surface area contributed by atoms with Crippen molar-refractivity contribution in [3.8, 4) is 33.6 Å². The minimum atomic E-state index is 0.872. The fourth-order valence-corrected chi connectivity index (χ4v) is 10.8. The number of benzene rings is 11. The maximum absolute atomic E-state index is 6.61. The van der Waals surface area contributed by atoms with E-state index in [0.717, 1.165) is 72.6 Å². The molecule has 0 amide bonds. The van der Waals surface area contributed by atoms with E-state index in [0.29, 0.717) is 0 Å². The molecule has 68 heavy (non-hydrogen) atoms. The number of furan rings is 1. The molecule has 0 bridgehead atoms. The van der Waals surface area contributed by atoms with E-state index in [1.54, 1.807) is 0 Å². The first-order valence-corrected chi connectivity index (χ1v) is 23.2. The third kappa shape index (κ3) is 5.94. The second kappa shape index (κ2) is 15.2. The molecule has 14 rings (SSSR count). The number of fused-ring (bicyclic) bond motifs is 10. The van der Waals surface area contributed by atoms with Crippen molar-refractivity contribution in [3.63, 3.8) is 0 Å². The lowest BCUT2D eigenvalue weighted by Crippen LogP contribution is -2.11. The summed E-state index contributed by atoms with van der Waals surface area (Å²) in [5, 5.41) is 9.59. The number of anilines is 3. The maximum atomic E-state index is 6.61. The van der Waals surface area contributed by atoms with E-state index in [1.165, 1.54) is 54.4 Å². The van der Waals surface area contributed by atoms with Crippen LogP contribution in [0.3, 0.4) is 0 Å². The molecular formula is C64H41N3O. The fourth-order valence-electron chi connectivity index (χ4n) is 10.8. The van der Waals surface area contributed by atoms with Crippen molar-refractivity contribution in [3.05, 3.63) is 249 Å². The van der Waals surface area contributed by atoms with Crippen LogP contribution in [0.4, 0.5) is 17.1 Å². The maximum Gasteiger partial charge on any atom is 0.136 e. The quantitative estimate of drug-likeness (QED) is 0.160. The van der Waals surface area contributed by atoms with Crippen LogP contribution in [-0.4, -0.2) is 9.13 Å². The summed E-state index contributed by atoms with van der Waals surface area (Å²) in [6, 6.07) is 90.0. The largest absolute Gasteiger partial charge is 0.456 e. The van der Waals surface area contributed by atoms with E-state index < -0.39 is 0 Å². The second-order valence-corrected chi connectivity index (χ2v) is 17.7. The van der Waals surface area contributed by atoms with Crippen LogP contribution in [0.15, 0.2) is 253 Å². The van der Waals surface area contributed by atoms with Crippen molar-refractivity contribution in [2.45, 2.75) is 0 Å². The van der Waals surface area contributed by atoms with E-state index >= 15 is 0 Å². The number of aromatic nitrogens is 2. The van der Waals surface area contributed by atoms with Gasteiger partial charge in [0.25, 0.3) is 0 Å². The van der Waals surface area contributed by atoms with E-state index in [9.17, 15) is 0 Å². The highest BCUT2D eigenvalue weighted by Crippen LogP contribution is 2.46. The van der Waals surface area contributed by atoms with Gasteiger partial charge < -0.3 is 18.5 Å². The molecule has 0 saturated heterocycles. The Morgan fingerprint density at radius 2 is 0.809 bits per heavy atom. The molecule has 0 radical (unpaired) electrons. The van der Waals surface area contributed by atoms with Crippen molar-refractivity contribution in [1.82, 2.24) is 9.13 Å². The first kappa shape index (κ1) is 38.2. The molecule has 0 unspecified atom stereocenters. The summed E-state index contributed by atoms with van der Waals surface area (Å²) in [6.07, 6.45) is 0. The van der Waals surface area contributed by atoms with Crippen LogP contribution in [0, 0.1) is 0 Å². The summed E-state index contributed by atoms with van der Waals surface area (Å²) in [7, 11) is 0. The van der Waals surface area contributed by atoms with Crippen molar-refractivity contribution in [2.24, 2.45) is 0 Å². The first-order valence-electron chi connectivity index (χ1n) is 23.2. The predicted octanol–water partition coefficient (Wildman–Crippen LogP) is 17.7. The smallest absolute Gasteiger partial charge is 0.136 e. The van der Waals surface area contributed by atoms with Gasteiger partial charge in [-0.05, 0) is 125 Å². The van der Waals surface area contributed by atoms with Gasteiger partial charge in [0.2, 0.25) is 0 Å². The van der Waals surface area contributed by atoms with Crippen molar-refractivity contribution in [2.75, 3.05) is 4.90 Å². The Kier molecular flexibility index (Phi) is 8.55. The monoisotopic (exact) mass is 867 g/mol. The van der Waals surface area contributed by atoms with E-state index in [-0.39, 0.29) is 0 Å². The van der Waals surface area contributed by atoms with E-state index in [1.807, 2.05) is 0 Å². The highest BCUT2D eigenvalue weighted by molar-refractivity contribution is 6.17. The standard InChI is InChI=1S/C64H41N3O/c1-2-16-45-41-63-56(40-44(45)15-1)64-55(24-14-30-62(64)68-63)54-23-7-8-25-57(54)65(47-35-37-48(38-36-47)66-58-26-9-3-19-50(58)51-20-4-10-27-59(51)66)46-33-31-42(32-34-46)43-17-13-18-49(39-43)67-60-28-11-5-21-52(60)53-22-6-12-29-61(53)67/h1-41H. The van der Waals surface area contributed by atoms with Gasteiger partial charge in [0.1, 0.15) is 11.2 Å². The third-order valence-electron chi connectivity index (χ3n) is 13.9. The molecule has 0 aliphatic carbocycles. The molecule has 0 N–H and O–H groups in total. The number of hydrogen-bond donors (Lipinski definition) is 0. The lowest BCUT2D eigenvalue weighted by molar-refractivity contribution is 0.669. The molecule has 0 aliphatic rings. The highest BCUT2D eigenvalue weighted by atomic mass is 16.3. The zero-order valence-electron chi connectivity index (χ0n) is 36.9. The van der Waals surface area contributed by atoms with Gasteiger partial charge in [-0.25, -0.2) is 0 Å². The Morgan fingerprint density at radius 3 is 1.44 bits per heavy atom. The molecular weight excluding hydrogens is 827 g/mol. The van der Waals surface area contributed by atoms with Crippen molar-refractivity contribution in [1.29, 1.82) is 0 Å². The number of nitrogens with zero attached hydrogens (tertiary/aromatic N) is 3. The molecule has 0 atom stereocenters. The summed E-state index contributed by atoms with van der Waals surface area (Å²) in [5.41, 5.74) is 16.5. The van der Waals surface area contributed by atoms with Gasteiger partial charge in [-0.15, -0.1) is 0 Å². The van der Waals surface area contributed by atoms with Crippen LogP contribution < -0.4 is 4.90 Å². The van der Waals surface area contributed by atoms with Crippen LogP contribution in [0.5, 0.6) is 0 Å². The van der Waals surface area contributed by atoms with E-state index in [4.69, 9.17) is 4.42 Å². The zero-order valence-corrected chi connectivity index (χ0v) is 36.9. The Bertz CT molecular complexity index is 4160. The molecule has 0 spiro atoms. The molecule has 11 aromatic carbocycles. The predicted molar refractivity (Wildman–Crippen MR) is 285 cm³/mol. The van der Waals surface area contributed by atoms with Gasteiger partial charge in [-0.2, -0.15) is 0 Å². The normalized spacial score (nSPS) is 11.8. The van der Waals surface area contributed by atoms with E-state index in [2.05, 4.69) is 263 Å². The summed E-state index contributed by atoms with van der Waals surface area (Å²) < 4.78 is 11.4. The second-order valence-electron chi connectivity index (χ2n) is 17.7. The molecule has 318 valence electrons. The Labute approximate surface area is 392 Å². The van der Waals surface area contributed by atoms with Crippen LogP contribution >= 0.6 is 0 Å². The molecule has 14 aromatic rings. The number of rotatable bonds is 7. The van der Waals surface area contributed by atoms with Gasteiger partial charge in [0.05, 0.1) is 27.8 Å². The number of para-hydroxylation sites is 5. The van der Waals surface area contributed by atoms with Crippen LogP contribution in [0.2, 0.25) is 0 Å². The average molecular weight is 868 g/mol. The van der Waals surface area contributed by atoms with Gasteiger partial charge >= 0.3 is 0 Å². The lowest BCUT2D eigenvalue weighted by Gasteiger charge is -2.28. The SMILES string of the molecule is c1cc(-c2ccc(N(c3ccc(-n4c5ccccc5c5ccccc54)cc3)c3ccccc3-c3cccc4oc5cc6ccccc6cc5c34)cc2)cc(-n2c3ccccc3c3ccccc32)c1. The molecule has 4 heteroatoms. The summed E-state index contributed by atoms with van der Waals surface area (Å²) in [4.78, 5) is 2.40. The van der Waals surface area contributed by atoms with Crippen LogP contribution in [0.25, 0.3) is 110 Å². The van der Waals surface area contributed by atoms with Crippen LogP contribution in [-0.2, 0) is 0 Å². The Balaban J connectivity index is 0.925.